The van der Waals surface area contributed by atoms with E-state index in [1.165, 1.54) is 23.5 Å². The van der Waals surface area contributed by atoms with Gasteiger partial charge in [0.05, 0.1) is 6.54 Å². The first-order valence-corrected chi connectivity index (χ1v) is 13.5. The Hall–Kier alpha value is -3.89. The van der Waals surface area contributed by atoms with Gasteiger partial charge in [-0.05, 0) is 42.7 Å². The van der Waals surface area contributed by atoms with Gasteiger partial charge in [0, 0.05) is 88.4 Å². The number of likely N-dealkylation sites (tertiary alicyclic amines) is 1. The maximum atomic E-state index is 11.7. The van der Waals surface area contributed by atoms with Gasteiger partial charge in [-0.15, -0.1) is 0 Å². The first-order chi connectivity index (χ1) is 18.8. The molecule has 0 radical (unpaired) electrons. The molecule has 2 aliphatic rings. The van der Waals surface area contributed by atoms with E-state index in [-0.39, 0.29) is 6.03 Å². The molecule has 10 nitrogen and oxygen atoms in total. The van der Waals surface area contributed by atoms with Crippen molar-refractivity contribution < 1.29 is 4.79 Å². The zero-order chi connectivity index (χ0) is 28.0. The van der Waals surface area contributed by atoms with E-state index in [9.17, 15) is 4.79 Å². The molecule has 2 heterocycles. The molecular formula is C29H45N9O. The lowest BCUT2D eigenvalue weighted by Gasteiger charge is -2.36. The third-order valence-corrected chi connectivity index (χ3v) is 6.71. The van der Waals surface area contributed by atoms with Crippen molar-refractivity contribution in [1.82, 2.24) is 25.4 Å². The lowest BCUT2D eigenvalue weighted by Crippen LogP contribution is -2.47. The quantitative estimate of drug-likeness (QED) is 0.187. The van der Waals surface area contributed by atoms with Crippen molar-refractivity contribution in [2.45, 2.75) is 19.4 Å². The first kappa shape index (κ1) is 29.7. The van der Waals surface area contributed by atoms with E-state index in [0.29, 0.717) is 13.1 Å². The summed E-state index contributed by atoms with van der Waals surface area (Å²) in [5.74, 6) is 5.55. The van der Waals surface area contributed by atoms with Crippen molar-refractivity contribution in [3.63, 3.8) is 0 Å². The van der Waals surface area contributed by atoms with E-state index in [1.807, 2.05) is 24.3 Å². The number of nitrogens with zero attached hydrogens (tertiary/aromatic N) is 4. The SMILES string of the molecule is C=C(CNC(=O)NCc1ccc(N)cc1)N1CCCC1.CN(N)/C=C(\N)CN1CCN(c2ccccc2)CC1. The molecule has 0 bridgehead atoms. The lowest BCUT2D eigenvalue weighted by atomic mass is 10.2. The van der Waals surface area contributed by atoms with Crippen molar-refractivity contribution in [1.29, 1.82) is 0 Å². The first-order valence-electron chi connectivity index (χ1n) is 13.5. The zero-order valence-electron chi connectivity index (χ0n) is 23.2. The summed E-state index contributed by atoms with van der Waals surface area (Å²) in [5.41, 5.74) is 16.4. The number of carbonyl (C=O) groups is 1. The van der Waals surface area contributed by atoms with E-state index >= 15 is 0 Å². The molecule has 2 fully saturated rings. The standard InChI is InChI=1S/C15H22N4O.C14H23N5/c1-12(19-8-2-3-9-19)10-17-15(20)18-11-13-4-6-14(16)7-5-13;1-17(16)11-13(15)12-18-7-9-19(10-8-18)14-5-3-2-4-6-14/h4-7H,1-3,8-11,16H2,(H2,17,18,20);2-6,11H,7-10,12,15-16H2,1H3/b;13-11-. The molecule has 0 atom stereocenters. The Morgan fingerprint density at radius 3 is 2.23 bits per heavy atom. The van der Waals surface area contributed by atoms with Crippen LogP contribution in [0.3, 0.4) is 0 Å². The summed E-state index contributed by atoms with van der Waals surface area (Å²) in [6.07, 6.45) is 4.19. The molecule has 2 aromatic carbocycles. The Morgan fingerprint density at radius 1 is 0.974 bits per heavy atom. The van der Waals surface area contributed by atoms with Crippen molar-refractivity contribution in [2.24, 2.45) is 11.6 Å². The number of nitrogens with one attached hydrogen (secondary N) is 2. The van der Waals surface area contributed by atoms with Crippen LogP contribution in [0.15, 0.2) is 78.8 Å². The summed E-state index contributed by atoms with van der Waals surface area (Å²) < 4.78 is 0. The predicted molar refractivity (Wildman–Crippen MR) is 160 cm³/mol. The van der Waals surface area contributed by atoms with E-state index in [2.05, 4.69) is 62.2 Å². The Balaban J connectivity index is 0.000000216. The third-order valence-electron chi connectivity index (χ3n) is 6.71. The Morgan fingerprint density at radius 2 is 1.62 bits per heavy atom. The zero-order valence-corrected chi connectivity index (χ0v) is 23.2. The van der Waals surface area contributed by atoms with Crippen LogP contribution in [-0.4, -0.2) is 80.2 Å². The summed E-state index contributed by atoms with van der Waals surface area (Å²) >= 11 is 0. The van der Waals surface area contributed by atoms with Gasteiger partial charge in [-0.2, -0.15) is 0 Å². The molecule has 4 rings (SSSR count). The second-order valence-corrected chi connectivity index (χ2v) is 10.0. The summed E-state index contributed by atoms with van der Waals surface area (Å²) in [7, 11) is 1.78. The molecule has 8 N–H and O–H groups in total. The summed E-state index contributed by atoms with van der Waals surface area (Å²) in [6.45, 7) is 12.0. The number of rotatable bonds is 9. The van der Waals surface area contributed by atoms with Gasteiger partial charge in [-0.25, -0.2) is 10.6 Å². The molecule has 10 heteroatoms. The molecule has 2 aromatic rings. The van der Waals surface area contributed by atoms with Gasteiger partial charge < -0.3 is 36.9 Å². The van der Waals surface area contributed by atoms with Crippen LogP contribution in [-0.2, 0) is 6.54 Å². The van der Waals surface area contributed by atoms with Gasteiger partial charge in [-0.3, -0.25) is 4.90 Å². The minimum Gasteiger partial charge on any atom is -0.400 e. The third kappa shape index (κ3) is 10.8. The van der Waals surface area contributed by atoms with Crippen LogP contribution in [0.5, 0.6) is 0 Å². The van der Waals surface area contributed by atoms with Crippen LogP contribution in [0, 0.1) is 0 Å². The fraction of sp³-hybridized carbons (Fsp3) is 0.414. The van der Waals surface area contributed by atoms with E-state index in [1.54, 1.807) is 13.2 Å². The molecule has 2 saturated heterocycles. The highest BCUT2D eigenvalue weighted by Gasteiger charge is 2.17. The van der Waals surface area contributed by atoms with Gasteiger partial charge in [0.15, 0.2) is 0 Å². The van der Waals surface area contributed by atoms with Crippen LogP contribution >= 0.6 is 0 Å². The number of hydrazine groups is 1. The maximum absolute atomic E-state index is 11.7. The fourth-order valence-electron chi connectivity index (χ4n) is 4.57. The summed E-state index contributed by atoms with van der Waals surface area (Å²) in [5, 5.41) is 7.13. The highest BCUT2D eigenvalue weighted by Crippen LogP contribution is 2.16. The highest BCUT2D eigenvalue weighted by molar-refractivity contribution is 5.74. The normalized spacial score (nSPS) is 15.8. The van der Waals surface area contributed by atoms with Crippen LogP contribution in [0.25, 0.3) is 0 Å². The number of carbonyl (C=O) groups excluding carboxylic acids is 1. The molecule has 212 valence electrons. The highest BCUT2D eigenvalue weighted by atomic mass is 16.2. The lowest BCUT2D eigenvalue weighted by molar-refractivity contribution is 0.240. The smallest absolute Gasteiger partial charge is 0.315 e. The predicted octanol–water partition coefficient (Wildman–Crippen LogP) is 2.09. The number of hydrogen-bond acceptors (Lipinski definition) is 8. The van der Waals surface area contributed by atoms with E-state index in [4.69, 9.17) is 17.3 Å². The number of piperazine rings is 1. The average Bonchev–Trinajstić information content (AvgIpc) is 3.48. The fourth-order valence-corrected chi connectivity index (χ4v) is 4.57. The number of nitrogen functional groups attached to an aromatic ring is 1. The summed E-state index contributed by atoms with van der Waals surface area (Å²) in [4.78, 5) is 18.7. The molecule has 39 heavy (non-hydrogen) atoms. The molecule has 2 aliphatic heterocycles. The number of benzene rings is 2. The Labute approximate surface area is 233 Å². The Kier molecular flexibility index (Phi) is 11.8. The van der Waals surface area contributed by atoms with Crippen molar-refractivity contribution in [3.05, 3.63) is 84.3 Å². The van der Waals surface area contributed by atoms with Gasteiger partial charge in [0.1, 0.15) is 0 Å². The van der Waals surface area contributed by atoms with E-state index in [0.717, 1.165) is 68.5 Å². The topological polar surface area (TPSA) is 132 Å². The molecule has 0 aliphatic carbocycles. The molecule has 2 amide bonds. The van der Waals surface area contributed by atoms with Crippen LogP contribution in [0.4, 0.5) is 16.2 Å². The van der Waals surface area contributed by atoms with Crippen molar-refractivity contribution >= 4 is 17.4 Å². The molecule has 0 unspecified atom stereocenters. The van der Waals surface area contributed by atoms with Crippen molar-refractivity contribution in [3.8, 4) is 0 Å². The number of hydrogen-bond donors (Lipinski definition) is 5. The molecule has 0 saturated carbocycles. The van der Waals surface area contributed by atoms with Crippen molar-refractivity contribution in [2.75, 3.05) is 70.0 Å². The minimum absolute atomic E-state index is 0.179. The number of amides is 2. The number of para-hydroxylation sites is 1. The van der Waals surface area contributed by atoms with Crippen LogP contribution in [0.1, 0.15) is 18.4 Å². The largest absolute Gasteiger partial charge is 0.400 e. The van der Waals surface area contributed by atoms with Gasteiger partial charge in [0.25, 0.3) is 0 Å². The Bertz CT molecular complexity index is 1040. The maximum Gasteiger partial charge on any atom is 0.315 e. The summed E-state index contributed by atoms with van der Waals surface area (Å²) in [6, 6.07) is 17.8. The second-order valence-electron chi connectivity index (χ2n) is 10.0. The van der Waals surface area contributed by atoms with E-state index < -0.39 is 0 Å². The molecular weight excluding hydrogens is 490 g/mol. The average molecular weight is 536 g/mol. The molecule has 0 spiro atoms. The second kappa shape index (κ2) is 15.5. The van der Waals surface area contributed by atoms with Gasteiger partial charge in [-0.1, -0.05) is 36.9 Å². The number of nitrogens with two attached hydrogens (primary N) is 3. The van der Waals surface area contributed by atoms with Crippen LogP contribution < -0.4 is 32.8 Å². The van der Waals surface area contributed by atoms with Gasteiger partial charge >= 0.3 is 6.03 Å². The number of anilines is 2. The molecule has 0 aromatic heterocycles. The monoisotopic (exact) mass is 535 g/mol. The number of urea groups is 1. The van der Waals surface area contributed by atoms with Crippen LogP contribution in [0.2, 0.25) is 0 Å². The van der Waals surface area contributed by atoms with Gasteiger partial charge in [0.2, 0.25) is 0 Å². The minimum atomic E-state index is -0.179.